The van der Waals surface area contributed by atoms with E-state index in [1.807, 2.05) is 0 Å². The van der Waals surface area contributed by atoms with Crippen molar-refractivity contribution < 1.29 is 16.4 Å². The molecule has 0 radical (unpaired) electrons. The average molecular weight is 163 g/mol. The van der Waals surface area contributed by atoms with Crippen LogP contribution in [-0.2, 0) is 4.79 Å². The summed E-state index contributed by atoms with van der Waals surface area (Å²) in [6, 6.07) is 0. The lowest BCUT2D eigenvalue weighted by Crippen LogP contribution is -2.60. The first-order chi connectivity index (χ1) is 5.28. The van der Waals surface area contributed by atoms with E-state index < -0.39 is 24.1 Å². The van der Waals surface area contributed by atoms with Crippen molar-refractivity contribution >= 4 is 6.26 Å². The van der Waals surface area contributed by atoms with E-state index in [1.54, 1.807) is 0 Å². The first-order valence-corrected chi connectivity index (χ1v) is 3.23. The van der Waals surface area contributed by atoms with Gasteiger partial charge in [0.05, 0.1) is 12.2 Å². The number of nitrogens with two attached hydrogens (primary N) is 2. The van der Waals surface area contributed by atoms with Gasteiger partial charge in [0.1, 0.15) is 7.03 Å². The van der Waals surface area contributed by atoms with Crippen molar-refractivity contribution in [3.8, 4) is 0 Å². The molecule has 0 rings (SSSR count). The Labute approximate surface area is 66.4 Å². The molecule has 0 aliphatic carbocycles. The lowest BCUT2D eigenvalue weighted by atomic mass is 10.0. The van der Waals surface area contributed by atoms with Crippen molar-refractivity contribution in [2.24, 2.45) is 11.5 Å². The smallest absolute Gasteiger partial charge is 0.156 e. The van der Waals surface area contributed by atoms with Crippen LogP contribution in [-0.4, -0.2) is 34.3 Å². The van der Waals surface area contributed by atoms with Gasteiger partial charge in [0.25, 0.3) is 0 Å². The second-order valence-electron chi connectivity index (χ2n) is 2.64. The first-order valence-electron chi connectivity index (χ1n) is 3.73. The van der Waals surface area contributed by atoms with Crippen LogP contribution >= 0.6 is 0 Å². The number of aldehydes is 1. The highest BCUT2D eigenvalue weighted by atomic mass is 16.3. The lowest BCUT2D eigenvalue weighted by Gasteiger charge is -2.24. The third-order valence-electron chi connectivity index (χ3n) is 1.29. The van der Waals surface area contributed by atoms with E-state index >= 15 is 0 Å². The molecular weight excluding hydrogens is 148 g/mol. The summed E-state index contributed by atoms with van der Waals surface area (Å²) in [5.74, 6) is 0. The summed E-state index contributed by atoms with van der Waals surface area (Å²) < 4.78 is 6.62. The molecule has 6 N–H and O–H groups in total. The van der Waals surface area contributed by atoms with E-state index in [4.69, 9.17) is 23.1 Å². The quantitative estimate of drug-likeness (QED) is 0.281. The fraction of sp³-hybridized carbons (Fsp3) is 0.833. The van der Waals surface area contributed by atoms with Gasteiger partial charge < -0.3 is 21.7 Å². The Hall–Kier alpha value is -0.490. The van der Waals surface area contributed by atoms with Gasteiger partial charge in [0.15, 0.2) is 6.26 Å². The highest BCUT2D eigenvalue weighted by Gasteiger charge is 2.29. The van der Waals surface area contributed by atoms with Crippen LogP contribution < -0.4 is 11.5 Å². The fourth-order valence-corrected chi connectivity index (χ4v) is 0.586. The summed E-state index contributed by atoms with van der Waals surface area (Å²) >= 11 is 0. The molecule has 0 unspecified atom stereocenters. The van der Waals surface area contributed by atoms with E-state index in [-0.39, 0.29) is 6.42 Å². The minimum atomic E-state index is -2.09. The van der Waals surface area contributed by atoms with Gasteiger partial charge in [0, 0.05) is 6.42 Å². The van der Waals surface area contributed by atoms with Crippen molar-refractivity contribution in [2.45, 2.75) is 31.2 Å². The average Bonchev–Trinajstić information content (AvgIpc) is 1.85. The number of hydrogen-bond acceptors (Lipinski definition) is 5. The van der Waals surface area contributed by atoms with Crippen LogP contribution in [0, 0.1) is 0 Å². The topological polar surface area (TPSA) is 110 Å². The third kappa shape index (κ3) is 3.43. The van der Waals surface area contributed by atoms with Gasteiger partial charge in [-0.3, -0.25) is 4.79 Å². The van der Waals surface area contributed by atoms with Crippen LogP contribution in [0.1, 0.15) is 14.7 Å². The van der Waals surface area contributed by atoms with Crippen LogP contribution in [0.3, 0.4) is 0 Å². The Kier molecular flexibility index (Phi) is 2.95. The van der Waals surface area contributed by atoms with E-state index in [9.17, 15) is 4.79 Å². The third-order valence-corrected chi connectivity index (χ3v) is 1.29. The first kappa shape index (κ1) is 8.61. The largest absolute Gasteiger partial charge is 0.393 e. The number of carbonyl (C=O) groups is 1. The summed E-state index contributed by atoms with van der Waals surface area (Å²) in [5, 5.41) is 18.0. The molecular formula is C6H14N2O3. The molecule has 0 saturated heterocycles. The molecule has 0 aromatic carbocycles. The maximum atomic E-state index is 10.5. The second-order valence-corrected chi connectivity index (χ2v) is 2.64. The molecule has 0 aromatic heterocycles. The summed E-state index contributed by atoms with van der Waals surface area (Å²) in [5.41, 5.74) is 8.18. The molecule has 11 heavy (non-hydrogen) atoms. The monoisotopic (exact) mass is 163 g/mol. The van der Waals surface area contributed by atoms with Gasteiger partial charge in [-0.1, -0.05) is 0 Å². The van der Waals surface area contributed by atoms with Gasteiger partial charge >= 0.3 is 0 Å². The molecule has 0 aliphatic rings. The van der Waals surface area contributed by atoms with Crippen molar-refractivity contribution in [1.82, 2.24) is 0 Å². The standard InChI is InChI=1S/C6H14N2O3/c1-4(10)2-5(11)6(7,8)3-9/h3-5,10-11H,2,7-8H2,1H3/t4-,5+/m1/s1/i3D. The zero-order valence-corrected chi connectivity index (χ0v) is 6.32. The van der Waals surface area contributed by atoms with Crippen LogP contribution in [0.4, 0.5) is 0 Å². The Morgan fingerprint density at radius 3 is 2.45 bits per heavy atom. The van der Waals surface area contributed by atoms with E-state index in [2.05, 4.69) is 0 Å². The summed E-state index contributed by atoms with van der Waals surface area (Å²) in [6.07, 6.45) is -3.60. The second kappa shape index (κ2) is 3.77. The zero-order chi connectivity index (χ0) is 9.94. The number of aliphatic hydroxyl groups is 2. The van der Waals surface area contributed by atoms with Gasteiger partial charge in [-0.25, -0.2) is 0 Å². The Bertz CT molecular complexity index is 172. The highest BCUT2D eigenvalue weighted by Crippen LogP contribution is 2.04. The highest BCUT2D eigenvalue weighted by molar-refractivity contribution is 5.63. The maximum absolute atomic E-state index is 10.5. The molecule has 0 aromatic rings. The van der Waals surface area contributed by atoms with Crippen molar-refractivity contribution in [3.05, 3.63) is 0 Å². The normalized spacial score (nSPS) is 18.8. The van der Waals surface area contributed by atoms with E-state index in [0.29, 0.717) is 0 Å². The molecule has 0 bridgehead atoms. The predicted molar refractivity (Wildman–Crippen MR) is 39.5 cm³/mol. The van der Waals surface area contributed by atoms with Gasteiger partial charge in [-0.2, -0.15) is 0 Å². The molecule has 0 heterocycles. The summed E-state index contributed by atoms with van der Waals surface area (Å²) in [7, 11) is 0. The number of hydrogen-bond donors (Lipinski definition) is 4. The predicted octanol–water partition coefficient (Wildman–Crippen LogP) is -2.07. The lowest BCUT2D eigenvalue weighted by molar-refractivity contribution is -0.116. The van der Waals surface area contributed by atoms with Crippen LogP contribution in [0.2, 0.25) is 0 Å². The molecule has 0 fully saturated rings. The van der Waals surface area contributed by atoms with E-state index in [0.717, 1.165) is 0 Å². The number of rotatable bonds is 4. The Balaban J connectivity index is 4.25. The SMILES string of the molecule is [2H]C(=O)C(N)(N)[C@@H](O)C[C@@H](C)O. The van der Waals surface area contributed by atoms with Gasteiger partial charge in [-0.05, 0) is 6.92 Å². The van der Waals surface area contributed by atoms with Crippen molar-refractivity contribution in [1.29, 1.82) is 0 Å². The maximum Gasteiger partial charge on any atom is 0.156 e. The van der Waals surface area contributed by atoms with Crippen molar-refractivity contribution in [2.75, 3.05) is 0 Å². The molecule has 0 spiro atoms. The fourth-order valence-electron chi connectivity index (χ4n) is 0.586. The molecule has 0 saturated carbocycles. The minimum absolute atomic E-state index is 0.127. The van der Waals surface area contributed by atoms with Crippen LogP contribution in [0.25, 0.3) is 0 Å². The Morgan fingerprint density at radius 2 is 2.18 bits per heavy atom. The molecule has 2 atom stereocenters. The molecule has 66 valence electrons. The van der Waals surface area contributed by atoms with Crippen LogP contribution in [0.5, 0.6) is 0 Å². The molecule has 5 nitrogen and oxygen atoms in total. The van der Waals surface area contributed by atoms with E-state index in [1.165, 1.54) is 6.92 Å². The van der Waals surface area contributed by atoms with Gasteiger partial charge in [-0.15, -0.1) is 0 Å². The molecule has 5 heteroatoms. The molecule has 0 amide bonds. The number of carbonyl (C=O) groups excluding carboxylic acids is 1. The van der Waals surface area contributed by atoms with Crippen molar-refractivity contribution in [3.63, 3.8) is 0 Å². The number of aliphatic hydroxyl groups excluding tert-OH is 2. The minimum Gasteiger partial charge on any atom is -0.393 e. The van der Waals surface area contributed by atoms with Gasteiger partial charge in [0.2, 0.25) is 0 Å². The molecule has 0 aliphatic heterocycles. The zero-order valence-electron chi connectivity index (χ0n) is 7.32. The Morgan fingerprint density at radius 1 is 1.73 bits per heavy atom. The van der Waals surface area contributed by atoms with Crippen LogP contribution in [0.15, 0.2) is 0 Å². The summed E-state index contributed by atoms with van der Waals surface area (Å²) in [4.78, 5) is 10.5. The summed E-state index contributed by atoms with van der Waals surface area (Å²) in [6.45, 7) is 1.42.